The number of carbonyl (C=O) groups excluding carboxylic acids is 1. The predicted molar refractivity (Wildman–Crippen MR) is 37.0 cm³/mol. The molecule has 0 saturated heterocycles. The van der Waals surface area contributed by atoms with E-state index in [4.69, 9.17) is 0 Å². The SMILES string of the molecule is C=CC(CCC)N=C=O. The van der Waals surface area contributed by atoms with E-state index in [0.29, 0.717) is 0 Å². The second-order valence-electron chi connectivity index (χ2n) is 1.81. The van der Waals surface area contributed by atoms with E-state index in [9.17, 15) is 4.79 Å². The van der Waals surface area contributed by atoms with Crippen LogP contribution in [0.3, 0.4) is 0 Å². The van der Waals surface area contributed by atoms with Gasteiger partial charge >= 0.3 is 0 Å². The Labute approximate surface area is 55.3 Å². The molecule has 0 aliphatic heterocycles. The van der Waals surface area contributed by atoms with E-state index in [1.165, 1.54) is 6.08 Å². The molecule has 0 saturated carbocycles. The van der Waals surface area contributed by atoms with Crippen molar-refractivity contribution < 1.29 is 4.79 Å². The van der Waals surface area contributed by atoms with E-state index >= 15 is 0 Å². The van der Waals surface area contributed by atoms with Crippen molar-refractivity contribution in [2.45, 2.75) is 25.8 Å². The van der Waals surface area contributed by atoms with E-state index in [-0.39, 0.29) is 6.04 Å². The summed E-state index contributed by atoms with van der Waals surface area (Å²) >= 11 is 0. The van der Waals surface area contributed by atoms with Crippen LogP contribution < -0.4 is 0 Å². The highest BCUT2D eigenvalue weighted by Crippen LogP contribution is 2.00. The van der Waals surface area contributed by atoms with Crippen LogP contribution in [0, 0.1) is 0 Å². The zero-order valence-corrected chi connectivity index (χ0v) is 5.63. The lowest BCUT2D eigenvalue weighted by Gasteiger charge is -1.98. The van der Waals surface area contributed by atoms with Crippen LogP contribution in [0.1, 0.15) is 19.8 Å². The highest BCUT2D eigenvalue weighted by Gasteiger charge is 1.96. The van der Waals surface area contributed by atoms with Crippen molar-refractivity contribution in [2.24, 2.45) is 4.99 Å². The van der Waals surface area contributed by atoms with E-state index in [2.05, 4.69) is 11.6 Å². The van der Waals surface area contributed by atoms with Crippen LogP contribution >= 0.6 is 0 Å². The molecule has 0 aromatic rings. The molecule has 0 heterocycles. The van der Waals surface area contributed by atoms with Crippen LogP contribution in [-0.2, 0) is 4.79 Å². The molecule has 0 aliphatic rings. The lowest BCUT2D eigenvalue weighted by Crippen LogP contribution is -1.96. The van der Waals surface area contributed by atoms with Crippen molar-refractivity contribution in [1.82, 2.24) is 0 Å². The van der Waals surface area contributed by atoms with Gasteiger partial charge in [0.25, 0.3) is 0 Å². The normalized spacial score (nSPS) is 11.7. The number of hydrogen-bond acceptors (Lipinski definition) is 2. The van der Waals surface area contributed by atoms with E-state index in [0.717, 1.165) is 12.8 Å². The Kier molecular flexibility index (Phi) is 4.75. The average molecular weight is 125 g/mol. The molecular formula is C7H11NO. The molecule has 50 valence electrons. The number of aliphatic imine (C=N–C) groups is 1. The van der Waals surface area contributed by atoms with Crippen molar-refractivity contribution in [2.75, 3.05) is 0 Å². The summed E-state index contributed by atoms with van der Waals surface area (Å²) in [5.74, 6) is 0. The molecule has 0 N–H and O–H groups in total. The van der Waals surface area contributed by atoms with Crippen LogP contribution in [0.2, 0.25) is 0 Å². The Morgan fingerprint density at radius 3 is 2.89 bits per heavy atom. The zero-order valence-electron chi connectivity index (χ0n) is 5.63. The summed E-state index contributed by atoms with van der Waals surface area (Å²) in [5.41, 5.74) is 0. The Hall–Kier alpha value is -0.880. The molecule has 0 aliphatic carbocycles. The van der Waals surface area contributed by atoms with Crippen molar-refractivity contribution in [3.63, 3.8) is 0 Å². The first-order valence-corrected chi connectivity index (χ1v) is 3.04. The van der Waals surface area contributed by atoms with Gasteiger partial charge in [0.1, 0.15) is 0 Å². The zero-order chi connectivity index (χ0) is 7.11. The van der Waals surface area contributed by atoms with Gasteiger partial charge in [-0.2, -0.15) is 4.99 Å². The highest BCUT2D eigenvalue weighted by molar-refractivity contribution is 5.34. The molecule has 2 nitrogen and oxygen atoms in total. The third-order valence-electron chi connectivity index (χ3n) is 1.08. The maximum atomic E-state index is 9.71. The van der Waals surface area contributed by atoms with Crippen LogP contribution in [-0.4, -0.2) is 12.1 Å². The number of hydrogen-bond donors (Lipinski definition) is 0. The van der Waals surface area contributed by atoms with Crippen LogP contribution in [0.4, 0.5) is 0 Å². The van der Waals surface area contributed by atoms with Crippen LogP contribution in [0.15, 0.2) is 17.6 Å². The van der Waals surface area contributed by atoms with Crippen molar-refractivity contribution in [1.29, 1.82) is 0 Å². The van der Waals surface area contributed by atoms with Gasteiger partial charge in [0.05, 0.1) is 6.04 Å². The average Bonchev–Trinajstić information content (AvgIpc) is 1.88. The van der Waals surface area contributed by atoms with E-state index in [1.807, 2.05) is 6.92 Å². The summed E-state index contributed by atoms with van der Waals surface area (Å²) in [5, 5.41) is 0. The first-order valence-electron chi connectivity index (χ1n) is 3.04. The maximum Gasteiger partial charge on any atom is 0.235 e. The van der Waals surface area contributed by atoms with Crippen LogP contribution in [0.5, 0.6) is 0 Å². The molecule has 0 aromatic heterocycles. The first kappa shape index (κ1) is 8.12. The second kappa shape index (κ2) is 5.26. The minimum Gasteiger partial charge on any atom is -0.211 e. The molecule has 0 rings (SSSR count). The lowest BCUT2D eigenvalue weighted by molar-refractivity contribution is 0.558. The van der Waals surface area contributed by atoms with Gasteiger partial charge in [0.15, 0.2) is 0 Å². The largest absolute Gasteiger partial charge is 0.235 e. The van der Waals surface area contributed by atoms with Gasteiger partial charge in [-0.1, -0.05) is 19.4 Å². The predicted octanol–water partition coefficient (Wildman–Crippen LogP) is 1.68. The molecule has 1 atom stereocenters. The Morgan fingerprint density at radius 1 is 1.89 bits per heavy atom. The summed E-state index contributed by atoms with van der Waals surface area (Å²) in [7, 11) is 0. The molecule has 2 heteroatoms. The number of nitrogens with zero attached hydrogens (tertiary/aromatic N) is 1. The summed E-state index contributed by atoms with van der Waals surface area (Å²) in [6, 6.07) is -0.0208. The van der Waals surface area contributed by atoms with E-state index < -0.39 is 0 Å². The van der Waals surface area contributed by atoms with Crippen LogP contribution in [0.25, 0.3) is 0 Å². The van der Waals surface area contributed by atoms with Gasteiger partial charge in [-0.25, -0.2) is 4.79 Å². The minimum absolute atomic E-state index is 0.0208. The fraction of sp³-hybridized carbons (Fsp3) is 0.571. The molecule has 1 unspecified atom stereocenters. The third-order valence-corrected chi connectivity index (χ3v) is 1.08. The third kappa shape index (κ3) is 3.68. The smallest absolute Gasteiger partial charge is 0.211 e. The Morgan fingerprint density at radius 2 is 2.56 bits per heavy atom. The standard InChI is InChI=1S/C7H11NO/c1-3-5-7(4-2)8-6-9/h4,7H,2-3,5H2,1H3. The van der Waals surface area contributed by atoms with Gasteiger partial charge in [0, 0.05) is 0 Å². The molecule has 0 amide bonds. The molecule has 0 aromatic carbocycles. The summed E-state index contributed by atoms with van der Waals surface area (Å²) in [4.78, 5) is 13.2. The van der Waals surface area contributed by atoms with Gasteiger partial charge in [-0.3, -0.25) is 0 Å². The second-order valence-corrected chi connectivity index (χ2v) is 1.81. The van der Waals surface area contributed by atoms with Gasteiger partial charge in [0.2, 0.25) is 6.08 Å². The molecule has 0 bridgehead atoms. The fourth-order valence-corrected chi connectivity index (χ4v) is 0.599. The summed E-state index contributed by atoms with van der Waals surface area (Å²) in [6.07, 6.45) is 5.07. The molecule has 0 spiro atoms. The monoisotopic (exact) mass is 125 g/mol. The summed E-state index contributed by atoms with van der Waals surface area (Å²) in [6.45, 7) is 5.56. The molecule has 0 fully saturated rings. The van der Waals surface area contributed by atoms with Crippen molar-refractivity contribution in [3.8, 4) is 0 Å². The number of rotatable bonds is 4. The summed E-state index contributed by atoms with van der Waals surface area (Å²) < 4.78 is 0. The van der Waals surface area contributed by atoms with Crippen molar-refractivity contribution in [3.05, 3.63) is 12.7 Å². The van der Waals surface area contributed by atoms with Gasteiger partial charge in [-0.15, -0.1) is 6.58 Å². The highest BCUT2D eigenvalue weighted by atomic mass is 16.1. The molecule has 9 heavy (non-hydrogen) atoms. The lowest BCUT2D eigenvalue weighted by atomic mass is 10.2. The Balaban J connectivity index is 3.67. The topological polar surface area (TPSA) is 29.4 Å². The quantitative estimate of drug-likeness (QED) is 0.319. The van der Waals surface area contributed by atoms with Crippen molar-refractivity contribution >= 4 is 6.08 Å². The first-order chi connectivity index (χ1) is 4.35. The fourth-order valence-electron chi connectivity index (χ4n) is 0.599. The van der Waals surface area contributed by atoms with Gasteiger partial charge < -0.3 is 0 Å². The molecule has 0 radical (unpaired) electrons. The van der Waals surface area contributed by atoms with Gasteiger partial charge in [-0.05, 0) is 6.42 Å². The molecular weight excluding hydrogens is 114 g/mol. The maximum absolute atomic E-state index is 9.71. The number of isocyanates is 1. The Bertz CT molecular complexity index is 125. The minimum atomic E-state index is -0.0208. The van der Waals surface area contributed by atoms with E-state index in [1.54, 1.807) is 6.08 Å².